The van der Waals surface area contributed by atoms with Gasteiger partial charge >= 0.3 is 0 Å². The number of nitrogens with one attached hydrogen (secondary N) is 2. The van der Waals surface area contributed by atoms with Crippen LogP contribution < -0.4 is 20.1 Å². The van der Waals surface area contributed by atoms with Gasteiger partial charge in [-0.3, -0.25) is 9.59 Å². The molecule has 2 aromatic rings. The van der Waals surface area contributed by atoms with E-state index in [0.29, 0.717) is 29.3 Å². The Hall–Kier alpha value is -3.28. The van der Waals surface area contributed by atoms with Gasteiger partial charge in [0.15, 0.2) is 11.5 Å². The van der Waals surface area contributed by atoms with Crippen molar-refractivity contribution in [3.05, 3.63) is 59.2 Å². The second-order valence-electron chi connectivity index (χ2n) is 5.82. The molecule has 0 atom stereocenters. The first-order valence-corrected chi connectivity index (χ1v) is 8.34. The topological polar surface area (TPSA) is 76.7 Å². The molecule has 2 amide bonds. The van der Waals surface area contributed by atoms with E-state index < -0.39 is 0 Å². The van der Waals surface area contributed by atoms with E-state index in [1.165, 1.54) is 6.08 Å². The summed E-state index contributed by atoms with van der Waals surface area (Å²) in [6, 6.07) is 10.7. The minimum absolute atomic E-state index is 0.168. The van der Waals surface area contributed by atoms with Crippen molar-refractivity contribution in [2.24, 2.45) is 0 Å². The Morgan fingerprint density at radius 3 is 2.73 bits per heavy atom. The first kappa shape index (κ1) is 17.5. The van der Waals surface area contributed by atoms with Gasteiger partial charge in [0.25, 0.3) is 5.91 Å². The van der Waals surface area contributed by atoms with Gasteiger partial charge in [-0.15, -0.1) is 0 Å². The number of benzene rings is 2. The highest BCUT2D eigenvalue weighted by Gasteiger charge is 2.12. The number of hydrogen-bond donors (Lipinski definition) is 2. The molecule has 2 aromatic carbocycles. The lowest BCUT2D eigenvalue weighted by molar-refractivity contribution is -0.111. The number of carbonyl (C=O) groups is 2. The molecule has 0 radical (unpaired) electrons. The zero-order valence-electron chi connectivity index (χ0n) is 14.7. The quantitative estimate of drug-likeness (QED) is 0.811. The molecule has 0 unspecified atom stereocenters. The molecule has 1 aliphatic heterocycles. The van der Waals surface area contributed by atoms with Gasteiger partial charge in [0.05, 0.1) is 0 Å². The summed E-state index contributed by atoms with van der Waals surface area (Å²) in [4.78, 5) is 24.2. The Bertz CT molecular complexity index is 874. The van der Waals surface area contributed by atoms with Gasteiger partial charge in [0.2, 0.25) is 12.7 Å². The summed E-state index contributed by atoms with van der Waals surface area (Å²) >= 11 is 0. The normalized spacial score (nSPS) is 12.2. The monoisotopic (exact) mass is 352 g/mol. The molecule has 134 valence electrons. The summed E-state index contributed by atoms with van der Waals surface area (Å²) in [5.41, 5.74) is 2.82. The average Bonchev–Trinajstić information content (AvgIpc) is 3.10. The van der Waals surface area contributed by atoms with Gasteiger partial charge in [-0.1, -0.05) is 12.1 Å². The van der Waals surface area contributed by atoms with E-state index in [0.717, 1.165) is 11.1 Å². The Kier molecular flexibility index (Phi) is 5.22. The van der Waals surface area contributed by atoms with Crippen molar-refractivity contribution >= 4 is 23.6 Å². The fourth-order valence-corrected chi connectivity index (χ4v) is 2.52. The van der Waals surface area contributed by atoms with E-state index in [2.05, 4.69) is 10.6 Å². The number of anilines is 1. The molecule has 26 heavy (non-hydrogen) atoms. The minimum Gasteiger partial charge on any atom is -0.454 e. The first-order chi connectivity index (χ1) is 12.6. The van der Waals surface area contributed by atoms with Crippen LogP contribution in [-0.2, 0) is 4.79 Å². The van der Waals surface area contributed by atoms with Crippen LogP contribution in [0.2, 0.25) is 0 Å². The zero-order valence-corrected chi connectivity index (χ0v) is 14.7. The third-order valence-corrected chi connectivity index (χ3v) is 3.92. The lowest BCUT2D eigenvalue weighted by Gasteiger charge is -2.09. The van der Waals surface area contributed by atoms with Gasteiger partial charge < -0.3 is 20.1 Å². The number of carbonyl (C=O) groups excluding carboxylic acids is 2. The predicted molar refractivity (Wildman–Crippen MR) is 99.4 cm³/mol. The molecule has 0 spiro atoms. The molecule has 2 N–H and O–H groups in total. The number of amides is 2. The SMILES string of the molecule is CCNC(=O)c1ccc(C)c(NC(=O)/C=C/c2ccc3c(c2)OCO3)c1. The number of rotatable bonds is 5. The van der Waals surface area contributed by atoms with E-state index in [-0.39, 0.29) is 18.6 Å². The molecular formula is C20H20N2O4. The maximum absolute atomic E-state index is 12.2. The van der Waals surface area contributed by atoms with Gasteiger partial charge in [0.1, 0.15) is 0 Å². The Labute approximate surface area is 151 Å². The third-order valence-electron chi connectivity index (χ3n) is 3.92. The van der Waals surface area contributed by atoms with Crippen LogP contribution in [0.1, 0.15) is 28.4 Å². The Morgan fingerprint density at radius 1 is 1.12 bits per heavy atom. The van der Waals surface area contributed by atoms with Crippen LogP contribution in [0.15, 0.2) is 42.5 Å². The second kappa shape index (κ2) is 7.74. The van der Waals surface area contributed by atoms with Crippen LogP contribution in [0.3, 0.4) is 0 Å². The summed E-state index contributed by atoms with van der Waals surface area (Å²) in [6.45, 7) is 4.49. The van der Waals surface area contributed by atoms with Crippen LogP contribution in [0, 0.1) is 6.92 Å². The van der Waals surface area contributed by atoms with E-state index in [4.69, 9.17) is 9.47 Å². The lowest BCUT2D eigenvalue weighted by atomic mass is 10.1. The van der Waals surface area contributed by atoms with Gasteiger partial charge in [-0.2, -0.15) is 0 Å². The average molecular weight is 352 g/mol. The standard InChI is InChI=1S/C20H20N2O4/c1-3-21-20(24)15-7-4-13(2)16(11-15)22-19(23)9-6-14-5-8-17-18(10-14)26-12-25-17/h4-11H,3,12H2,1-2H3,(H,21,24)(H,22,23)/b9-6+. The molecule has 0 aromatic heterocycles. The van der Waals surface area contributed by atoms with Crippen molar-refractivity contribution in [1.29, 1.82) is 0 Å². The van der Waals surface area contributed by atoms with Crippen molar-refractivity contribution in [3.63, 3.8) is 0 Å². The number of ether oxygens (including phenoxy) is 2. The lowest BCUT2D eigenvalue weighted by Crippen LogP contribution is -2.23. The molecule has 0 saturated carbocycles. The zero-order chi connectivity index (χ0) is 18.5. The van der Waals surface area contributed by atoms with Gasteiger partial charge in [-0.25, -0.2) is 0 Å². The molecule has 0 fully saturated rings. The van der Waals surface area contributed by atoms with Crippen LogP contribution in [0.5, 0.6) is 11.5 Å². The second-order valence-corrected chi connectivity index (χ2v) is 5.82. The Morgan fingerprint density at radius 2 is 1.92 bits per heavy atom. The maximum atomic E-state index is 12.2. The number of hydrogen-bond acceptors (Lipinski definition) is 4. The maximum Gasteiger partial charge on any atom is 0.251 e. The fraction of sp³-hybridized carbons (Fsp3) is 0.200. The van der Waals surface area contributed by atoms with Crippen LogP contribution in [0.25, 0.3) is 6.08 Å². The summed E-state index contributed by atoms with van der Waals surface area (Å²) < 4.78 is 10.6. The van der Waals surface area contributed by atoms with E-state index >= 15 is 0 Å². The molecule has 6 nitrogen and oxygen atoms in total. The van der Waals surface area contributed by atoms with Crippen LogP contribution in [0.4, 0.5) is 5.69 Å². The predicted octanol–water partition coefficient (Wildman–Crippen LogP) is 3.13. The van der Waals surface area contributed by atoms with Crippen LogP contribution >= 0.6 is 0 Å². The van der Waals surface area contributed by atoms with Gasteiger partial charge in [-0.05, 0) is 55.3 Å². The van der Waals surface area contributed by atoms with Crippen molar-refractivity contribution < 1.29 is 19.1 Å². The summed E-state index contributed by atoms with van der Waals surface area (Å²) in [7, 11) is 0. The highest BCUT2D eigenvalue weighted by atomic mass is 16.7. The number of fused-ring (bicyclic) bond motifs is 1. The molecule has 3 rings (SSSR count). The smallest absolute Gasteiger partial charge is 0.251 e. The molecule has 1 heterocycles. The third kappa shape index (κ3) is 4.03. The van der Waals surface area contributed by atoms with Crippen LogP contribution in [-0.4, -0.2) is 25.2 Å². The highest BCUT2D eigenvalue weighted by Crippen LogP contribution is 2.32. The van der Waals surface area contributed by atoms with Gasteiger partial charge in [0, 0.05) is 23.9 Å². The van der Waals surface area contributed by atoms with Crippen molar-refractivity contribution in [2.75, 3.05) is 18.7 Å². The van der Waals surface area contributed by atoms with Crippen molar-refractivity contribution in [2.45, 2.75) is 13.8 Å². The number of aryl methyl sites for hydroxylation is 1. The summed E-state index contributed by atoms with van der Waals surface area (Å²) in [5.74, 6) is 0.917. The largest absolute Gasteiger partial charge is 0.454 e. The minimum atomic E-state index is -0.279. The molecule has 0 bridgehead atoms. The van der Waals surface area contributed by atoms with E-state index in [1.54, 1.807) is 24.3 Å². The summed E-state index contributed by atoms with van der Waals surface area (Å²) in [5, 5.41) is 5.55. The van der Waals surface area contributed by atoms with Crippen molar-refractivity contribution in [1.82, 2.24) is 5.32 Å². The molecular weight excluding hydrogens is 332 g/mol. The first-order valence-electron chi connectivity index (χ1n) is 8.34. The molecule has 0 aliphatic carbocycles. The Balaban J connectivity index is 1.69. The van der Waals surface area contributed by atoms with E-state index in [1.807, 2.05) is 32.0 Å². The fourth-order valence-electron chi connectivity index (χ4n) is 2.52. The summed E-state index contributed by atoms with van der Waals surface area (Å²) in [6.07, 6.45) is 3.13. The molecule has 6 heteroatoms. The van der Waals surface area contributed by atoms with E-state index in [9.17, 15) is 9.59 Å². The van der Waals surface area contributed by atoms with Crippen molar-refractivity contribution in [3.8, 4) is 11.5 Å². The highest BCUT2D eigenvalue weighted by molar-refractivity contribution is 6.03. The molecule has 1 aliphatic rings. The molecule has 0 saturated heterocycles.